The van der Waals surface area contributed by atoms with E-state index in [4.69, 9.17) is 4.52 Å². The summed E-state index contributed by atoms with van der Waals surface area (Å²) in [5, 5.41) is 9.53. The molecule has 2 aliphatic rings. The molecule has 4 rings (SSSR count). The molecule has 1 saturated carbocycles. The van der Waals surface area contributed by atoms with Gasteiger partial charge in [0.1, 0.15) is 11.2 Å². The molecule has 8 heteroatoms. The number of aromatic nitrogens is 1. The van der Waals surface area contributed by atoms with Crippen molar-refractivity contribution >= 4 is 23.7 Å². The Hall–Kier alpha value is -3.16. The lowest BCUT2D eigenvalue weighted by Gasteiger charge is -2.19. The number of urea groups is 1. The van der Waals surface area contributed by atoms with Crippen LogP contribution in [0.15, 0.2) is 34.9 Å². The van der Waals surface area contributed by atoms with Crippen LogP contribution in [0.5, 0.6) is 0 Å². The third-order valence-electron chi connectivity index (χ3n) is 5.92. The minimum absolute atomic E-state index is 0.153. The number of nitrogens with zero attached hydrogens (tertiary/aromatic N) is 2. The van der Waals surface area contributed by atoms with Crippen molar-refractivity contribution in [3.63, 3.8) is 0 Å². The molecule has 2 heterocycles. The number of hydrogen-bond donors (Lipinski definition) is 2. The number of carbonyl (C=O) groups excluding carboxylic acids is 3. The van der Waals surface area contributed by atoms with Crippen LogP contribution in [0.2, 0.25) is 0 Å². The molecule has 2 N–H and O–H groups in total. The Bertz CT molecular complexity index is 944. The zero-order valence-electron chi connectivity index (χ0n) is 17.1. The maximum atomic E-state index is 12.6. The first-order chi connectivity index (χ1) is 14.5. The number of rotatable bonds is 7. The van der Waals surface area contributed by atoms with Crippen LogP contribution >= 0.6 is 0 Å². The Morgan fingerprint density at radius 3 is 2.67 bits per heavy atom. The van der Waals surface area contributed by atoms with Crippen LogP contribution in [0, 0.1) is 0 Å². The van der Waals surface area contributed by atoms with Gasteiger partial charge in [-0.2, -0.15) is 0 Å². The highest BCUT2D eigenvalue weighted by Crippen LogP contribution is 2.35. The first kappa shape index (κ1) is 20.1. The van der Waals surface area contributed by atoms with Gasteiger partial charge < -0.3 is 9.84 Å². The number of nitrogens with one attached hydrogen (secondary N) is 2. The number of benzene rings is 1. The lowest BCUT2D eigenvalue weighted by atomic mass is 9.98. The quantitative estimate of drug-likeness (QED) is 0.680. The van der Waals surface area contributed by atoms with Crippen molar-refractivity contribution in [2.75, 3.05) is 11.9 Å². The number of carbonyl (C=O) groups is 3. The SMILES string of the molecule is CCc1ccc(-c2cc(NC(=O)CCCN3C(=O)NC4(CCCC4)C3=O)on2)cc1. The van der Waals surface area contributed by atoms with Crippen LogP contribution < -0.4 is 10.6 Å². The number of hydrogen-bond acceptors (Lipinski definition) is 5. The van der Waals surface area contributed by atoms with E-state index in [-0.39, 0.29) is 36.7 Å². The summed E-state index contributed by atoms with van der Waals surface area (Å²) in [4.78, 5) is 38.2. The van der Waals surface area contributed by atoms with Gasteiger partial charge >= 0.3 is 6.03 Å². The molecule has 0 atom stereocenters. The summed E-state index contributed by atoms with van der Waals surface area (Å²) in [6, 6.07) is 9.34. The van der Waals surface area contributed by atoms with E-state index in [1.165, 1.54) is 10.5 Å². The number of anilines is 1. The van der Waals surface area contributed by atoms with Crippen molar-refractivity contribution in [2.24, 2.45) is 0 Å². The van der Waals surface area contributed by atoms with Crippen molar-refractivity contribution in [3.05, 3.63) is 35.9 Å². The van der Waals surface area contributed by atoms with Crippen LogP contribution in [0.25, 0.3) is 11.3 Å². The summed E-state index contributed by atoms with van der Waals surface area (Å²) in [5.74, 6) is -0.129. The highest BCUT2D eigenvalue weighted by atomic mass is 16.5. The average Bonchev–Trinajstić information content (AvgIpc) is 3.45. The summed E-state index contributed by atoms with van der Waals surface area (Å²) in [5.41, 5.74) is 2.09. The molecule has 0 radical (unpaired) electrons. The number of aryl methyl sites for hydroxylation is 1. The van der Waals surface area contributed by atoms with Crippen molar-refractivity contribution in [1.29, 1.82) is 0 Å². The molecule has 2 fully saturated rings. The fraction of sp³-hybridized carbons (Fsp3) is 0.455. The van der Waals surface area contributed by atoms with Crippen LogP contribution in [-0.2, 0) is 16.0 Å². The summed E-state index contributed by atoms with van der Waals surface area (Å²) >= 11 is 0. The van der Waals surface area contributed by atoms with E-state index in [0.29, 0.717) is 25.0 Å². The van der Waals surface area contributed by atoms with Crippen molar-refractivity contribution in [2.45, 2.75) is 57.4 Å². The van der Waals surface area contributed by atoms with Crippen LogP contribution in [0.4, 0.5) is 10.7 Å². The second-order valence-corrected chi connectivity index (χ2v) is 7.95. The van der Waals surface area contributed by atoms with Crippen LogP contribution in [0.1, 0.15) is 51.0 Å². The molecule has 1 saturated heterocycles. The van der Waals surface area contributed by atoms with Gasteiger partial charge in [-0.3, -0.25) is 19.8 Å². The molecule has 0 unspecified atom stereocenters. The molecule has 158 valence electrons. The van der Waals surface area contributed by atoms with Crippen LogP contribution in [0.3, 0.4) is 0 Å². The molecule has 1 aliphatic carbocycles. The number of imide groups is 1. The molecule has 0 bridgehead atoms. The largest absolute Gasteiger partial charge is 0.338 e. The lowest BCUT2D eigenvalue weighted by molar-refractivity contribution is -0.131. The van der Waals surface area contributed by atoms with Crippen LogP contribution in [-0.4, -0.2) is 40.0 Å². The molecule has 1 spiro atoms. The molecule has 30 heavy (non-hydrogen) atoms. The van der Waals surface area contributed by atoms with E-state index in [0.717, 1.165) is 24.8 Å². The molecule has 2 aromatic rings. The summed E-state index contributed by atoms with van der Waals surface area (Å²) in [6.07, 6.45) is 4.82. The van der Waals surface area contributed by atoms with Gasteiger partial charge in [0.15, 0.2) is 0 Å². The molecule has 8 nitrogen and oxygen atoms in total. The lowest BCUT2D eigenvalue weighted by Crippen LogP contribution is -2.44. The predicted molar refractivity (Wildman–Crippen MR) is 111 cm³/mol. The van der Waals surface area contributed by atoms with Crippen molar-refractivity contribution in [3.8, 4) is 11.3 Å². The topological polar surface area (TPSA) is 105 Å². The predicted octanol–water partition coefficient (Wildman–Crippen LogP) is 3.49. The van der Waals surface area contributed by atoms with Gasteiger partial charge in [0.25, 0.3) is 5.91 Å². The first-order valence-electron chi connectivity index (χ1n) is 10.5. The fourth-order valence-corrected chi connectivity index (χ4v) is 4.18. The maximum Gasteiger partial charge on any atom is 0.325 e. The van der Waals surface area contributed by atoms with Gasteiger partial charge in [0.05, 0.1) is 0 Å². The molecular weight excluding hydrogens is 384 g/mol. The van der Waals surface area contributed by atoms with Gasteiger partial charge in [-0.1, -0.05) is 49.2 Å². The average molecular weight is 410 g/mol. The maximum absolute atomic E-state index is 12.6. The summed E-state index contributed by atoms with van der Waals surface area (Å²) < 4.78 is 5.21. The second kappa shape index (κ2) is 8.30. The molecular formula is C22H26N4O4. The van der Waals surface area contributed by atoms with Gasteiger partial charge in [0, 0.05) is 24.6 Å². The highest BCUT2D eigenvalue weighted by Gasteiger charge is 2.52. The third kappa shape index (κ3) is 3.94. The Kier molecular flexibility index (Phi) is 5.57. The van der Waals surface area contributed by atoms with Gasteiger partial charge in [-0.15, -0.1) is 0 Å². The fourth-order valence-electron chi connectivity index (χ4n) is 4.18. The normalized spacial score (nSPS) is 17.6. The third-order valence-corrected chi connectivity index (χ3v) is 5.92. The highest BCUT2D eigenvalue weighted by molar-refractivity contribution is 6.07. The van der Waals surface area contributed by atoms with Gasteiger partial charge in [-0.05, 0) is 31.2 Å². The van der Waals surface area contributed by atoms with E-state index in [1.54, 1.807) is 6.07 Å². The zero-order chi connectivity index (χ0) is 21.1. The summed E-state index contributed by atoms with van der Waals surface area (Å²) in [7, 11) is 0. The van der Waals surface area contributed by atoms with Crippen molar-refractivity contribution in [1.82, 2.24) is 15.4 Å². The van der Waals surface area contributed by atoms with E-state index in [1.807, 2.05) is 24.3 Å². The molecule has 4 amide bonds. The Balaban J connectivity index is 1.27. The van der Waals surface area contributed by atoms with E-state index in [2.05, 4.69) is 22.7 Å². The Morgan fingerprint density at radius 2 is 1.97 bits per heavy atom. The minimum Gasteiger partial charge on any atom is -0.338 e. The first-order valence-corrected chi connectivity index (χ1v) is 10.5. The van der Waals surface area contributed by atoms with E-state index >= 15 is 0 Å². The van der Waals surface area contributed by atoms with E-state index in [9.17, 15) is 14.4 Å². The van der Waals surface area contributed by atoms with Gasteiger partial charge in [-0.25, -0.2) is 4.79 Å². The molecule has 1 aromatic heterocycles. The van der Waals surface area contributed by atoms with Crippen molar-refractivity contribution < 1.29 is 18.9 Å². The number of amides is 4. The van der Waals surface area contributed by atoms with Gasteiger partial charge in [0.2, 0.25) is 11.8 Å². The second-order valence-electron chi connectivity index (χ2n) is 7.95. The smallest absolute Gasteiger partial charge is 0.325 e. The Labute approximate surface area is 175 Å². The standard InChI is InChI=1S/C22H26N4O4/c1-2-15-7-9-16(10-8-15)17-14-19(30-25-17)23-18(27)6-5-13-26-20(28)22(24-21(26)29)11-3-4-12-22/h7-10,14H,2-6,11-13H2,1H3,(H,23,27)(H,24,29). The Morgan fingerprint density at radius 1 is 1.23 bits per heavy atom. The monoisotopic (exact) mass is 410 g/mol. The summed E-state index contributed by atoms with van der Waals surface area (Å²) in [6.45, 7) is 2.32. The molecule has 1 aromatic carbocycles. The van der Waals surface area contributed by atoms with E-state index < -0.39 is 5.54 Å². The molecule has 1 aliphatic heterocycles. The minimum atomic E-state index is -0.703. The zero-order valence-corrected chi connectivity index (χ0v) is 17.1.